The summed E-state index contributed by atoms with van der Waals surface area (Å²) in [5, 5.41) is 9.10. The molecule has 0 radical (unpaired) electrons. The second-order valence-electron chi connectivity index (χ2n) is 7.44. The summed E-state index contributed by atoms with van der Waals surface area (Å²) in [6, 6.07) is 11.2. The van der Waals surface area contributed by atoms with Crippen molar-refractivity contribution in [2.24, 2.45) is 0 Å². The Morgan fingerprint density at radius 1 is 0.857 bits per heavy atom. The minimum atomic E-state index is -3.21. The van der Waals surface area contributed by atoms with E-state index in [1.54, 1.807) is 6.92 Å². The van der Waals surface area contributed by atoms with Crippen LogP contribution in [0.2, 0.25) is 0 Å². The second-order valence-corrected chi connectivity index (χ2v) is 7.44. The van der Waals surface area contributed by atoms with Crippen molar-refractivity contribution >= 4 is 5.57 Å². The quantitative estimate of drug-likeness (QED) is 0.394. The molecule has 2 aromatic rings. The lowest BCUT2D eigenvalue weighted by atomic mass is 9.93. The molecule has 0 aliphatic rings. The zero-order valence-electron chi connectivity index (χ0n) is 16.6. The molecule has 0 atom stereocenters. The molecule has 0 fully saturated rings. The molecule has 0 aliphatic carbocycles. The number of nitrogens with zero attached hydrogens (tertiary/aromatic N) is 1. The molecular weight excluding hydrogens is 366 g/mol. The van der Waals surface area contributed by atoms with Gasteiger partial charge in [0.05, 0.1) is 6.07 Å². The Kier molecular flexibility index (Phi) is 6.03. The lowest BCUT2D eigenvalue weighted by Crippen LogP contribution is -2.13. The highest BCUT2D eigenvalue weighted by Gasteiger charge is 2.30. The number of nitriles is 1. The predicted octanol–water partition coefficient (Wildman–Crippen LogP) is 7.13. The molecule has 0 aromatic heterocycles. The van der Waals surface area contributed by atoms with E-state index in [4.69, 9.17) is 5.26 Å². The average molecular weight is 389 g/mol. The maximum Gasteiger partial charge on any atom is 0.270 e. The summed E-state index contributed by atoms with van der Waals surface area (Å²) >= 11 is 0. The number of alkyl halides is 4. The van der Waals surface area contributed by atoms with Gasteiger partial charge in [-0.05, 0) is 67.7 Å². The Morgan fingerprint density at radius 3 is 1.82 bits per heavy atom. The summed E-state index contributed by atoms with van der Waals surface area (Å²) in [6.45, 7) is 6.86. The number of allylic oxidation sites excluding steroid dienone is 2. The van der Waals surface area contributed by atoms with Gasteiger partial charge in [-0.25, -0.2) is 17.6 Å². The van der Waals surface area contributed by atoms with Gasteiger partial charge in [0.25, 0.3) is 11.8 Å². The van der Waals surface area contributed by atoms with Crippen LogP contribution >= 0.6 is 0 Å². The van der Waals surface area contributed by atoms with Crippen molar-refractivity contribution in [1.29, 1.82) is 5.26 Å². The Labute approximate surface area is 163 Å². The molecule has 0 heterocycles. The fourth-order valence-electron chi connectivity index (χ4n) is 3.02. The van der Waals surface area contributed by atoms with Gasteiger partial charge in [0.15, 0.2) is 0 Å². The van der Waals surface area contributed by atoms with E-state index in [1.807, 2.05) is 32.0 Å². The number of hydrogen-bond donors (Lipinski definition) is 0. The molecule has 5 heteroatoms. The molecule has 0 unspecified atom stereocenters. The largest absolute Gasteiger partial charge is 0.270 e. The molecule has 1 nitrogen and oxygen atoms in total. The third kappa shape index (κ3) is 5.22. The summed E-state index contributed by atoms with van der Waals surface area (Å²) in [5.74, 6) is -6.42. The SMILES string of the molecule is C/C(C#N)=C(\C)c1cc(C)cc(Cc2cc(C(C)(F)F)cc(C(C)(F)F)c2)c1. The van der Waals surface area contributed by atoms with Crippen LogP contribution in [0.1, 0.15) is 61.1 Å². The van der Waals surface area contributed by atoms with Crippen LogP contribution in [0.5, 0.6) is 0 Å². The van der Waals surface area contributed by atoms with Gasteiger partial charge < -0.3 is 0 Å². The Balaban J connectivity index is 2.54. The molecule has 0 bridgehead atoms. The molecule has 0 aliphatic heterocycles. The van der Waals surface area contributed by atoms with Crippen molar-refractivity contribution in [2.45, 2.75) is 52.9 Å². The van der Waals surface area contributed by atoms with Crippen molar-refractivity contribution in [1.82, 2.24) is 0 Å². The van der Waals surface area contributed by atoms with Gasteiger partial charge in [-0.2, -0.15) is 5.26 Å². The first-order valence-electron chi connectivity index (χ1n) is 8.90. The van der Waals surface area contributed by atoms with Gasteiger partial charge in [0.1, 0.15) is 0 Å². The second kappa shape index (κ2) is 7.79. The summed E-state index contributed by atoms with van der Waals surface area (Å²) in [4.78, 5) is 0. The summed E-state index contributed by atoms with van der Waals surface area (Å²) in [5.41, 5.74) is 3.55. The normalized spacial score (nSPS) is 13.1. The fraction of sp³-hybridized carbons (Fsp3) is 0.348. The van der Waals surface area contributed by atoms with E-state index < -0.39 is 23.0 Å². The highest BCUT2D eigenvalue weighted by molar-refractivity contribution is 5.70. The van der Waals surface area contributed by atoms with Gasteiger partial charge >= 0.3 is 0 Å². The van der Waals surface area contributed by atoms with Crippen LogP contribution < -0.4 is 0 Å². The number of hydrogen-bond acceptors (Lipinski definition) is 1. The first-order valence-corrected chi connectivity index (χ1v) is 8.90. The number of aryl methyl sites for hydroxylation is 1. The van der Waals surface area contributed by atoms with Crippen LogP contribution in [0.25, 0.3) is 5.57 Å². The van der Waals surface area contributed by atoms with E-state index in [9.17, 15) is 17.6 Å². The summed E-state index contributed by atoms with van der Waals surface area (Å²) in [6.07, 6.45) is 0.237. The van der Waals surface area contributed by atoms with E-state index >= 15 is 0 Å². The highest BCUT2D eigenvalue weighted by atomic mass is 19.3. The molecule has 0 amide bonds. The van der Waals surface area contributed by atoms with Crippen LogP contribution in [0.4, 0.5) is 17.6 Å². The molecular formula is C23H23F4N. The minimum Gasteiger partial charge on any atom is -0.202 e. The zero-order valence-corrected chi connectivity index (χ0v) is 16.6. The maximum atomic E-state index is 13.8. The van der Waals surface area contributed by atoms with Gasteiger partial charge in [-0.1, -0.05) is 23.8 Å². The highest BCUT2D eigenvalue weighted by Crippen LogP contribution is 2.35. The Bertz CT molecular complexity index is 922. The first-order chi connectivity index (χ1) is 12.8. The molecule has 2 aromatic carbocycles. The third-order valence-electron chi connectivity index (χ3n) is 4.72. The van der Waals surface area contributed by atoms with Gasteiger partial charge in [0.2, 0.25) is 0 Å². The first kappa shape index (κ1) is 21.7. The van der Waals surface area contributed by atoms with Gasteiger partial charge in [-0.3, -0.25) is 0 Å². The summed E-state index contributed by atoms with van der Waals surface area (Å²) < 4.78 is 55.3. The van der Waals surface area contributed by atoms with E-state index in [0.29, 0.717) is 25.0 Å². The van der Waals surface area contributed by atoms with Crippen molar-refractivity contribution in [2.75, 3.05) is 0 Å². The molecule has 0 spiro atoms. The third-order valence-corrected chi connectivity index (χ3v) is 4.72. The smallest absolute Gasteiger partial charge is 0.202 e. The molecule has 0 N–H and O–H groups in total. The number of rotatable bonds is 5. The lowest BCUT2D eigenvalue weighted by molar-refractivity contribution is 0.0104. The standard InChI is InChI=1S/C23H23F4N/c1-14-6-17(9-19(7-14)16(3)15(2)13-28)8-18-10-20(22(4,24)25)12-21(11-18)23(5,26)27/h6-7,9-12H,8H2,1-5H3/b16-15-. The van der Waals surface area contributed by atoms with E-state index in [2.05, 4.69) is 6.07 Å². The average Bonchev–Trinajstić information content (AvgIpc) is 2.58. The fourth-order valence-corrected chi connectivity index (χ4v) is 3.02. The molecule has 2 rings (SSSR count). The van der Waals surface area contributed by atoms with Crippen molar-refractivity contribution in [3.8, 4) is 6.07 Å². The van der Waals surface area contributed by atoms with Crippen LogP contribution in [0.15, 0.2) is 42.0 Å². The van der Waals surface area contributed by atoms with Crippen LogP contribution in [-0.2, 0) is 18.3 Å². The topological polar surface area (TPSA) is 23.8 Å². The summed E-state index contributed by atoms with van der Waals surface area (Å²) in [7, 11) is 0. The van der Waals surface area contributed by atoms with E-state index in [-0.39, 0.29) is 6.42 Å². The minimum absolute atomic E-state index is 0.237. The van der Waals surface area contributed by atoms with Crippen molar-refractivity contribution < 1.29 is 17.6 Å². The predicted molar refractivity (Wildman–Crippen MR) is 103 cm³/mol. The lowest BCUT2D eigenvalue weighted by Gasteiger charge is -2.18. The number of halogens is 4. The number of benzene rings is 2. The molecule has 28 heavy (non-hydrogen) atoms. The maximum absolute atomic E-state index is 13.8. The Hall–Kier alpha value is -2.61. The van der Waals surface area contributed by atoms with E-state index in [0.717, 1.165) is 28.3 Å². The Morgan fingerprint density at radius 2 is 1.36 bits per heavy atom. The van der Waals surface area contributed by atoms with Gasteiger partial charge in [-0.15, -0.1) is 0 Å². The molecule has 148 valence electrons. The van der Waals surface area contributed by atoms with Crippen molar-refractivity contribution in [3.63, 3.8) is 0 Å². The van der Waals surface area contributed by atoms with Crippen LogP contribution in [0, 0.1) is 18.3 Å². The van der Waals surface area contributed by atoms with E-state index in [1.165, 1.54) is 12.1 Å². The van der Waals surface area contributed by atoms with Gasteiger partial charge in [0, 0.05) is 30.5 Å². The molecule has 0 saturated heterocycles. The van der Waals surface area contributed by atoms with Crippen LogP contribution in [-0.4, -0.2) is 0 Å². The monoisotopic (exact) mass is 389 g/mol. The zero-order chi connectivity index (χ0) is 21.3. The molecule has 0 saturated carbocycles. The van der Waals surface area contributed by atoms with Crippen molar-refractivity contribution in [3.05, 3.63) is 75.4 Å². The van der Waals surface area contributed by atoms with Crippen LogP contribution in [0.3, 0.4) is 0 Å².